The minimum absolute atomic E-state index is 0.542. The highest BCUT2D eigenvalue weighted by Crippen LogP contribution is 2.03. The Labute approximate surface area is 86.4 Å². The Balaban J connectivity index is 2.40. The van der Waals surface area contributed by atoms with Crippen LogP contribution in [0.3, 0.4) is 0 Å². The molecular weight excluding hydrogens is 196 g/mol. The van der Waals surface area contributed by atoms with Crippen molar-refractivity contribution in [3.63, 3.8) is 0 Å². The molecule has 0 amide bonds. The number of aliphatic carboxylic acids is 1. The number of para-hydroxylation sites is 1. The molecule has 0 aliphatic heterocycles. The molecule has 15 heavy (non-hydrogen) atoms. The number of hydrazone groups is 1. The number of rotatable bonds is 5. The number of anilines is 1. The van der Waals surface area contributed by atoms with Gasteiger partial charge >= 0.3 is 5.97 Å². The van der Waals surface area contributed by atoms with Crippen molar-refractivity contribution in [3.05, 3.63) is 30.3 Å². The number of carboxylic acids is 1. The van der Waals surface area contributed by atoms with Crippen LogP contribution in [0.5, 0.6) is 0 Å². The average molecular weight is 206 g/mol. The SMILES string of the molecule is O=C(O)CC(=O)C=NNc1ccccc1. The highest BCUT2D eigenvalue weighted by Gasteiger charge is 2.03. The number of ketones is 1. The maximum absolute atomic E-state index is 10.9. The van der Waals surface area contributed by atoms with Crippen LogP contribution in [0.25, 0.3) is 0 Å². The van der Waals surface area contributed by atoms with Gasteiger partial charge in [-0.05, 0) is 12.1 Å². The second-order valence-corrected chi connectivity index (χ2v) is 2.77. The highest BCUT2D eigenvalue weighted by molar-refractivity contribution is 6.31. The lowest BCUT2D eigenvalue weighted by Crippen LogP contribution is -2.08. The lowest BCUT2D eigenvalue weighted by atomic mass is 10.3. The highest BCUT2D eigenvalue weighted by atomic mass is 16.4. The van der Waals surface area contributed by atoms with E-state index >= 15 is 0 Å². The van der Waals surface area contributed by atoms with Crippen molar-refractivity contribution in [2.75, 3.05) is 5.43 Å². The third kappa shape index (κ3) is 4.56. The Hall–Kier alpha value is -2.17. The van der Waals surface area contributed by atoms with Crippen molar-refractivity contribution >= 4 is 23.7 Å². The van der Waals surface area contributed by atoms with E-state index < -0.39 is 18.2 Å². The summed E-state index contributed by atoms with van der Waals surface area (Å²) in [5.41, 5.74) is 3.34. The molecule has 0 aliphatic rings. The number of benzene rings is 1. The topological polar surface area (TPSA) is 78.8 Å². The maximum atomic E-state index is 10.9. The quantitative estimate of drug-likeness (QED) is 0.430. The summed E-state index contributed by atoms with van der Waals surface area (Å²) in [5.74, 6) is -1.71. The molecule has 0 saturated heterocycles. The van der Waals surface area contributed by atoms with Crippen LogP contribution in [0.4, 0.5) is 5.69 Å². The molecule has 5 nitrogen and oxygen atoms in total. The van der Waals surface area contributed by atoms with Crippen LogP contribution in [0.15, 0.2) is 35.4 Å². The van der Waals surface area contributed by atoms with E-state index in [-0.39, 0.29) is 0 Å². The molecule has 0 aromatic heterocycles. The Morgan fingerprint density at radius 3 is 2.60 bits per heavy atom. The van der Waals surface area contributed by atoms with E-state index in [9.17, 15) is 9.59 Å². The summed E-state index contributed by atoms with van der Waals surface area (Å²) >= 11 is 0. The van der Waals surface area contributed by atoms with Gasteiger partial charge in [-0.3, -0.25) is 15.0 Å². The molecule has 0 saturated carbocycles. The summed E-state index contributed by atoms with van der Waals surface area (Å²) < 4.78 is 0. The zero-order chi connectivity index (χ0) is 11.1. The largest absolute Gasteiger partial charge is 0.481 e. The van der Waals surface area contributed by atoms with Gasteiger partial charge in [0.1, 0.15) is 6.42 Å². The Morgan fingerprint density at radius 1 is 1.33 bits per heavy atom. The fourth-order valence-corrected chi connectivity index (χ4v) is 0.886. The van der Waals surface area contributed by atoms with E-state index in [0.29, 0.717) is 0 Å². The molecular formula is C10H10N2O3. The van der Waals surface area contributed by atoms with Crippen molar-refractivity contribution in [3.8, 4) is 0 Å². The monoisotopic (exact) mass is 206 g/mol. The van der Waals surface area contributed by atoms with Crippen LogP contribution in [-0.2, 0) is 9.59 Å². The summed E-state index contributed by atoms with van der Waals surface area (Å²) in [6.07, 6.45) is 0.418. The fraction of sp³-hybridized carbons (Fsp3) is 0.100. The van der Waals surface area contributed by atoms with E-state index in [1.54, 1.807) is 12.1 Å². The molecule has 78 valence electrons. The van der Waals surface area contributed by atoms with Gasteiger partial charge in [-0.2, -0.15) is 5.10 Å². The second kappa shape index (κ2) is 5.54. The third-order valence-electron chi connectivity index (χ3n) is 1.50. The van der Waals surface area contributed by atoms with Gasteiger partial charge in [0, 0.05) is 0 Å². The van der Waals surface area contributed by atoms with Gasteiger partial charge in [0.2, 0.25) is 0 Å². The van der Waals surface area contributed by atoms with Crippen molar-refractivity contribution < 1.29 is 14.7 Å². The van der Waals surface area contributed by atoms with E-state index in [1.807, 2.05) is 18.2 Å². The number of hydrogen-bond acceptors (Lipinski definition) is 4. The first-order valence-electron chi connectivity index (χ1n) is 4.27. The predicted molar refractivity (Wildman–Crippen MR) is 55.8 cm³/mol. The standard InChI is InChI=1S/C10H10N2O3/c13-9(6-10(14)15)7-11-12-8-4-2-1-3-5-8/h1-5,7,12H,6H2,(H,14,15). The number of hydrogen-bond donors (Lipinski definition) is 2. The van der Waals surface area contributed by atoms with Crippen LogP contribution < -0.4 is 5.43 Å². The number of nitrogens with zero attached hydrogens (tertiary/aromatic N) is 1. The number of carbonyl (C=O) groups is 2. The third-order valence-corrected chi connectivity index (χ3v) is 1.50. The Bertz CT molecular complexity index is 374. The van der Waals surface area contributed by atoms with E-state index in [1.165, 1.54) is 0 Å². The molecule has 0 heterocycles. The maximum Gasteiger partial charge on any atom is 0.311 e. The first kappa shape index (κ1) is 10.9. The molecule has 0 aliphatic carbocycles. The molecule has 1 rings (SSSR count). The number of carboxylic acid groups (broad SMARTS) is 1. The molecule has 0 spiro atoms. The molecule has 5 heteroatoms. The van der Waals surface area contributed by atoms with Gasteiger partial charge in [0.15, 0.2) is 5.78 Å². The van der Waals surface area contributed by atoms with E-state index in [2.05, 4.69) is 10.5 Å². The first-order chi connectivity index (χ1) is 7.18. The number of nitrogens with one attached hydrogen (secondary N) is 1. The summed E-state index contributed by atoms with van der Waals surface area (Å²) in [5, 5.41) is 11.9. The van der Waals surface area contributed by atoms with Crippen LogP contribution >= 0.6 is 0 Å². The van der Waals surface area contributed by atoms with Crippen molar-refractivity contribution in [2.45, 2.75) is 6.42 Å². The zero-order valence-corrected chi connectivity index (χ0v) is 7.88. The number of Topliss-reactive ketones (excluding diaryl/α,β-unsaturated/α-hetero) is 1. The molecule has 0 unspecified atom stereocenters. The molecule has 0 fully saturated rings. The minimum atomic E-state index is -1.16. The zero-order valence-electron chi connectivity index (χ0n) is 7.88. The molecule has 2 N–H and O–H groups in total. The van der Waals surface area contributed by atoms with Gasteiger partial charge in [-0.15, -0.1) is 0 Å². The second-order valence-electron chi connectivity index (χ2n) is 2.77. The lowest BCUT2D eigenvalue weighted by Gasteiger charge is -1.97. The van der Waals surface area contributed by atoms with Gasteiger partial charge in [0.05, 0.1) is 11.9 Å². The summed E-state index contributed by atoms with van der Waals surface area (Å²) in [4.78, 5) is 21.0. The Morgan fingerprint density at radius 2 is 2.00 bits per heavy atom. The average Bonchev–Trinajstić information content (AvgIpc) is 2.18. The smallest absolute Gasteiger partial charge is 0.311 e. The number of carbonyl (C=O) groups excluding carboxylic acids is 1. The fourth-order valence-electron chi connectivity index (χ4n) is 0.886. The lowest BCUT2D eigenvalue weighted by molar-refractivity contribution is -0.138. The first-order valence-corrected chi connectivity index (χ1v) is 4.27. The van der Waals surface area contributed by atoms with E-state index in [4.69, 9.17) is 5.11 Å². The van der Waals surface area contributed by atoms with Gasteiger partial charge < -0.3 is 5.11 Å². The van der Waals surface area contributed by atoms with Gasteiger partial charge in [-0.1, -0.05) is 18.2 Å². The predicted octanol–water partition coefficient (Wildman–Crippen LogP) is 1.13. The molecule has 0 atom stereocenters. The normalized spacial score (nSPS) is 10.1. The summed E-state index contributed by atoms with van der Waals surface area (Å²) in [7, 11) is 0. The van der Waals surface area contributed by atoms with Gasteiger partial charge in [-0.25, -0.2) is 0 Å². The van der Waals surface area contributed by atoms with Crippen molar-refractivity contribution in [2.24, 2.45) is 5.10 Å². The summed E-state index contributed by atoms with van der Waals surface area (Å²) in [6.45, 7) is 0. The van der Waals surface area contributed by atoms with Crippen LogP contribution in [0, 0.1) is 0 Å². The van der Waals surface area contributed by atoms with Gasteiger partial charge in [0.25, 0.3) is 0 Å². The van der Waals surface area contributed by atoms with Crippen molar-refractivity contribution in [1.29, 1.82) is 0 Å². The molecule has 0 bridgehead atoms. The molecule has 0 radical (unpaired) electrons. The van der Waals surface area contributed by atoms with Crippen LogP contribution in [-0.4, -0.2) is 23.1 Å². The van der Waals surface area contributed by atoms with Crippen LogP contribution in [0.2, 0.25) is 0 Å². The van der Waals surface area contributed by atoms with Crippen molar-refractivity contribution in [1.82, 2.24) is 0 Å². The Kier molecular flexibility index (Phi) is 4.03. The molecule has 1 aromatic carbocycles. The minimum Gasteiger partial charge on any atom is -0.481 e. The van der Waals surface area contributed by atoms with Crippen LogP contribution in [0.1, 0.15) is 6.42 Å². The molecule has 1 aromatic rings. The summed E-state index contributed by atoms with van der Waals surface area (Å²) in [6, 6.07) is 9.04. The van der Waals surface area contributed by atoms with E-state index in [0.717, 1.165) is 11.9 Å².